The first-order chi connectivity index (χ1) is 4.15. The monoisotopic (exact) mass is 151 g/mol. The van der Waals surface area contributed by atoms with Crippen LogP contribution in [0.1, 0.15) is 7.43 Å². The van der Waals surface area contributed by atoms with Crippen molar-refractivity contribution >= 4 is 0 Å². The number of nitrogens with two attached hydrogens (primary N) is 1. The smallest absolute Gasteiger partial charge is 0.0140 e. The fraction of sp³-hybridized carbons (Fsp3) is 1.00. The van der Waals surface area contributed by atoms with Crippen LogP contribution in [0, 0.1) is 0 Å². The summed E-state index contributed by atoms with van der Waals surface area (Å²) in [7, 11) is 11.2. The molecule has 0 fully saturated rings. The fourth-order valence-electron chi connectivity index (χ4n) is 0. The van der Waals surface area contributed by atoms with Gasteiger partial charge in [0.25, 0.3) is 0 Å². The van der Waals surface area contributed by atoms with Crippen LogP contribution in [0.2, 0.25) is 0 Å². The molecular formula is C7H25N3. The summed E-state index contributed by atoms with van der Waals surface area (Å²) in [5, 5.41) is 2.75. The second-order valence-electron chi connectivity index (χ2n) is 1.84. The van der Waals surface area contributed by atoms with Crippen LogP contribution >= 0.6 is 0 Å². The van der Waals surface area contributed by atoms with E-state index in [2.05, 4.69) is 11.1 Å². The van der Waals surface area contributed by atoms with E-state index in [1.54, 1.807) is 0 Å². The molecule has 0 saturated heterocycles. The summed E-state index contributed by atoms with van der Waals surface area (Å²) in [6.07, 6.45) is 0. The molecule has 0 atom stereocenters. The predicted molar refractivity (Wildman–Crippen MR) is 51.4 cm³/mol. The van der Waals surface area contributed by atoms with Crippen LogP contribution in [0.15, 0.2) is 0 Å². The molecule has 0 rings (SSSR count). The van der Waals surface area contributed by atoms with E-state index in [9.17, 15) is 0 Å². The Hall–Kier alpha value is -0.120. The molecule has 0 aliphatic carbocycles. The first-order valence-electron chi connectivity index (χ1n) is 2.92. The quantitative estimate of drug-likeness (QED) is 0.520. The molecule has 0 heterocycles. The van der Waals surface area contributed by atoms with E-state index >= 15 is 0 Å². The zero-order chi connectivity index (χ0) is 8.28. The van der Waals surface area contributed by atoms with Crippen LogP contribution < -0.4 is 11.1 Å². The first kappa shape index (κ1) is 22.5. The van der Waals surface area contributed by atoms with E-state index < -0.39 is 0 Å². The van der Waals surface area contributed by atoms with Gasteiger partial charge in [-0.15, -0.1) is 0 Å². The lowest BCUT2D eigenvalue weighted by Gasteiger charge is -1.90. The molecule has 0 amide bonds. The molecule has 0 bridgehead atoms. The van der Waals surface area contributed by atoms with Crippen LogP contribution in [0.4, 0.5) is 0 Å². The molecule has 3 heteroatoms. The topological polar surface area (TPSA) is 41.3 Å². The van der Waals surface area contributed by atoms with E-state index in [1.165, 1.54) is 7.05 Å². The Balaban J connectivity index is -0.0000000273. The zero-order valence-electron chi connectivity index (χ0n) is 7.52. The van der Waals surface area contributed by atoms with Gasteiger partial charge in [-0.05, 0) is 42.3 Å². The highest BCUT2D eigenvalue weighted by Crippen LogP contribution is 1.47. The minimum atomic E-state index is 0. The third-order valence-corrected chi connectivity index (χ3v) is 0. The summed E-state index contributed by atoms with van der Waals surface area (Å²) >= 11 is 0. The number of hydrogen-bond acceptors (Lipinski definition) is 3. The predicted octanol–water partition coefficient (Wildman–Crippen LogP) is 0.224. The maximum atomic E-state index is 4.50. The summed E-state index contributed by atoms with van der Waals surface area (Å²) < 4.78 is 0. The van der Waals surface area contributed by atoms with Crippen molar-refractivity contribution in [2.75, 3.05) is 42.3 Å². The van der Waals surface area contributed by atoms with Crippen molar-refractivity contribution < 1.29 is 0 Å². The van der Waals surface area contributed by atoms with Crippen LogP contribution in [-0.4, -0.2) is 47.2 Å². The molecule has 0 unspecified atom stereocenters. The second kappa shape index (κ2) is 36.6. The fourth-order valence-corrected chi connectivity index (χ4v) is 0. The van der Waals surface area contributed by atoms with E-state index in [0.29, 0.717) is 0 Å². The number of nitrogens with zero attached hydrogens (tertiary/aromatic N) is 1. The maximum absolute atomic E-state index is 4.50. The van der Waals surface area contributed by atoms with Crippen LogP contribution in [0.5, 0.6) is 0 Å². The zero-order valence-corrected chi connectivity index (χ0v) is 7.52. The highest BCUT2D eigenvalue weighted by Gasteiger charge is 1.58. The molecule has 0 aromatic rings. The molecule has 3 N–H and O–H groups in total. The lowest BCUT2D eigenvalue weighted by molar-refractivity contribution is 0.505. The van der Waals surface area contributed by atoms with E-state index in [4.69, 9.17) is 0 Å². The largest absolute Gasteiger partial charge is 0.333 e. The Bertz CT molecular complexity index is 20.1. The molecule has 0 aliphatic rings. The molecule has 0 aromatic heterocycles. The van der Waals surface area contributed by atoms with Gasteiger partial charge < -0.3 is 16.0 Å². The SMILES string of the molecule is C.CN.CN(C)C.CNC. The van der Waals surface area contributed by atoms with Gasteiger partial charge in [0.05, 0.1) is 0 Å². The van der Waals surface area contributed by atoms with Crippen molar-refractivity contribution in [1.29, 1.82) is 0 Å². The third-order valence-electron chi connectivity index (χ3n) is 0. The summed E-state index contributed by atoms with van der Waals surface area (Å²) in [5.41, 5.74) is 4.50. The van der Waals surface area contributed by atoms with Crippen molar-refractivity contribution in [3.63, 3.8) is 0 Å². The summed E-state index contributed by atoms with van der Waals surface area (Å²) in [5.74, 6) is 0. The van der Waals surface area contributed by atoms with Crippen LogP contribution in [0.25, 0.3) is 0 Å². The third kappa shape index (κ3) is 25900. The van der Waals surface area contributed by atoms with Gasteiger partial charge >= 0.3 is 0 Å². The molecule has 0 aromatic carbocycles. The van der Waals surface area contributed by atoms with Gasteiger partial charge in [-0.2, -0.15) is 0 Å². The molecule has 0 radical (unpaired) electrons. The lowest BCUT2D eigenvalue weighted by Crippen LogP contribution is -1.99. The van der Waals surface area contributed by atoms with Gasteiger partial charge in [0.15, 0.2) is 0 Å². The van der Waals surface area contributed by atoms with Crippen molar-refractivity contribution in [2.45, 2.75) is 7.43 Å². The molecule has 68 valence electrons. The normalized spacial score (nSPS) is 6.00. The number of hydrogen-bond donors (Lipinski definition) is 2. The highest BCUT2D eigenvalue weighted by atomic mass is 15.0. The number of nitrogens with one attached hydrogen (secondary N) is 1. The van der Waals surface area contributed by atoms with E-state index in [0.717, 1.165) is 0 Å². The maximum Gasteiger partial charge on any atom is -0.0140 e. The summed E-state index contributed by atoms with van der Waals surface area (Å²) in [4.78, 5) is 2.00. The standard InChI is InChI=1S/C3H9N.C2H7N.CH5N.CH4/c1-4(2)3;1-3-2;1-2;/h1-3H3;3H,1-2H3;2H2,1H3;1H4. The molecule has 0 saturated carbocycles. The minimum Gasteiger partial charge on any atom is -0.333 e. The van der Waals surface area contributed by atoms with Crippen molar-refractivity contribution in [2.24, 2.45) is 5.73 Å². The van der Waals surface area contributed by atoms with Crippen LogP contribution in [0.3, 0.4) is 0 Å². The Kier molecular flexibility index (Phi) is 82.5. The highest BCUT2D eigenvalue weighted by molar-refractivity contribution is 4.09. The Morgan fingerprint density at radius 2 is 1.00 bits per heavy atom. The molecule has 10 heavy (non-hydrogen) atoms. The molecule has 3 nitrogen and oxygen atoms in total. The number of rotatable bonds is 0. The minimum absolute atomic E-state index is 0. The van der Waals surface area contributed by atoms with Crippen molar-refractivity contribution in [1.82, 2.24) is 10.2 Å². The Morgan fingerprint density at radius 3 is 1.00 bits per heavy atom. The van der Waals surface area contributed by atoms with Crippen molar-refractivity contribution in [3.05, 3.63) is 0 Å². The Morgan fingerprint density at radius 1 is 1.00 bits per heavy atom. The van der Waals surface area contributed by atoms with Crippen LogP contribution in [-0.2, 0) is 0 Å². The molecular weight excluding hydrogens is 126 g/mol. The second-order valence-corrected chi connectivity index (χ2v) is 1.84. The lowest BCUT2D eigenvalue weighted by atomic mass is 11.0. The average Bonchev–Trinajstić information content (AvgIpc) is 1.71. The van der Waals surface area contributed by atoms with E-state index in [1.807, 2.05) is 40.1 Å². The first-order valence-corrected chi connectivity index (χ1v) is 2.92. The summed E-state index contributed by atoms with van der Waals surface area (Å²) in [6, 6.07) is 0. The van der Waals surface area contributed by atoms with Gasteiger partial charge in [-0.1, -0.05) is 7.43 Å². The Labute approximate surface area is 66.6 Å². The van der Waals surface area contributed by atoms with E-state index in [-0.39, 0.29) is 7.43 Å². The molecule has 0 spiro atoms. The summed E-state index contributed by atoms with van der Waals surface area (Å²) in [6.45, 7) is 0. The van der Waals surface area contributed by atoms with Gasteiger partial charge in [-0.3, -0.25) is 0 Å². The van der Waals surface area contributed by atoms with Crippen molar-refractivity contribution in [3.8, 4) is 0 Å². The molecule has 0 aliphatic heterocycles. The van der Waals surface area contributed by atoms with Gasteiger partial charge in [0, 0.05) is 0 Å². The van der Waals surface area contributed by atoms with Gasteiger partial charge in [0.1, 0.15) is 0 Å². The van der Waals surface area contributed by atoms with Gasteiger partial charge in [0.2, 0.25) is 0 Å². The average molecular weight is 151 g/mol. The van der Waals surface area contributed by atoms with Gasteiger partial charge in [-0.25, -0.2) is 0 Å².